The Balaban J connectivity index is 1.82. The first-order valence-electron chi connectivity index (χ1n) is 7.03. The zero-order chi connectivity index (χ0) is 14.5. The van der Waals surface area contributed by atoms with Crippen LogP contribution in [0, 0.1) is 17.6 Å². The first-order chi connectivity index (χ1) is 9.58. The van der Waals surface area contributed by atoms with E-state index in [1.54, 1.807) is 0 Å². The van der Waals surface area contributed by atoms with Gasteiger partial charge < -0.3 is 10.2 Å². The summed E-state index contributed by atoms with van der Waals surface area (Å²) < 4.78 is 26.8. The molecule has 2 rings (SSSR count). The van der Waals surface area contributed by atoms with Gasteiger partial charge in [-0.1, -0.05) is 13.0 Å². The number of anilines is 1. The van der Waals surface area contributed by atoms with Crippen molar-refractivity contribution in [2.24, 2.45) is 5.92 Å². The van der Waals surface area contributed by atoms with Gasteiger partial charge in [-0.25, -0.2) is 8.78 Å². The summed E-state index contributed by atoms with van der Waals surface area (Å²) in [7, 11) is 0. The quantitative estimate of drug-likeness (QED) is 0.920. The van der Waals surface area contributed by atoms with Crippen LogP contribution in [0.25, 0.3) is 0 Å². The molecule has 0 radical (unpaired) electrons. The Hall–Kier alpha value is -1.65. The van der Waals surface area contributed by atoms with E-state index in [2.05, 4.69) is 12.2 Å². The zero-order valence-electron chi connectivity index (χ0n) is 11.7. The van der Waals surface area contributed by atoms with Crippen molar-refractivity contribution in [3.05, 3.63) is 29.8 Å². The van der Waals surface area contributed by atoms with E-state index in [-0.39, 0.29) is 24.6 Å². The molecule has 1 aliphatic heterocycles. The summed E-state index contributed by atoms with van der Waals surface area (Å²) in [6.45, 7) is 3.94. The smallest absolute Gasteiger partial charge is 0.224 e. The average molecular weight is 282 g/mol. The van der Waals surface area contributed by atoms with E-state index in [4.69, 9.17) is 0 Å². The van der Waals surface area contributed by atoms with Crippen LogP contribution in [0.3, 0.4) is 0 Å². The highest BCUT2D eigenvalue weighted by molar-refractivity contribution is 5.76. The maximum Gasteiger partial charge on any atom is 0.224 e. The Morgan fingerprint density at radius 2 is 2.10 bits per heavy atom. The maximum atomic E-state index is 13.4. The molecule has 0 aliphatic carbocycles. The van der Waals surface area contributed by atoms with Gasteiger partial charge in [-0.05, 0) is 30.9 Å². The number of hydrogen-bond donors (Lipinski definition) is 1. The fourth-order valence-electron chi connectivity index (χ4n) is 2.54. The van der Waals surface area contributed by atoms with E-state index in [0.29, 0.717) is 5.92 Å². The van der Waals surface area contributed by atoms with E-state index in [1.165, 1.54) is 18.2 Å². The topological polar surface area (TPSA) is 32.3 Å². The van der Waals surface area contributed by atoms with Gasteiger partial charge in [0.2, 0.25) is 5.91 Å². The third-order valence-electron chi connectivity index (χ3n) is 3.61. The number of amides is 1. The van der Waals surface area contributed by atoms with Gasteiger partial charge in [0.1, 0.15) is 17.3 Å². The summed E-state index contributed by atoms with van der Waals surface area (Å²) >= 11 is 0. The minimum absolute atomic E-state index is 0.0424. The highest BCUT2D eigenvalue weighted by Crippen LogP contribution is 2.19. The molecule has 1 amide bonds. The number of benzene rings is 1. The Labute approximate surface area is 118 Å². The first kappa shape index (κ1) is 14.8. The SMILES string of the molecule is CC1CCCN(C(=O)CCNc2c(F)cccc2F)C1. The van der Waals surface area contributed by atoms with Gasteiger partial charge in [0.15, 0.2) is 0 Å². The third-order valence-corrected chi connectivity index (χ3v) is 3.61. The molecule has 1 aromatic rings. The van der Waals surface area contributed by atoms with E-state index in [1.807, 2.05) is 4.90 Å². The Morgan fingerprint density at radius 1 is 1.40 bits per heavy atom. The Kier molecular flexibility index (Phi) is 4.93. The minimum Gasteiger partial charge on any atom is -0.380 e. The molecule has 0 spiro atoms. The van der Waals surface area contributed by atoms with Gasteiger partial charge in [0.25, 0.3) is 0 Å². The molecule has 0 aromatic heterocycles. The van der Waals surface area contributed by atoms with Gasteiger partial charge in [-0.3, -0.25) is 4.79 Å². The number of rotatable bonds is 4. The zero-order valence-corrected chi connectivity index (χ0v) is 11.7. The molecular formula is C15H20F2N2O. The second kappa shape index (κ2) is 6.68. The lowest BCUT2D eigenvalue weighted by Gasteiger charge is -2.31. The summed E-state index contributed by atoms with van der Waals surface area (Å²) in [6.07, 6.45) is 2.44. The number of likely N-dealkylation sites (tertiary alicyclic amines) is 1. The molecule has 1 saturated heterocycles. The van der Waals surface area contributed by atoms with Gasteiger partial charge in [-0.15, -0.1) is 0 Å². The molecule has 1 fully saturated rings. The van der Waals surface area contributed by atoms with Gasteiger partial charge in [0, 0.05) is 26.1 Å². The average Bonchev–Trinajstić information content (AvgIpc) is 2.42. The number of nitrogens with one attached hydrogen (secondary N) is 1. The normalized spacial score (nSPS) is 18.9. The standard InChI is InChI=1S/C15H20F2N2O/c1-11-4-3-9-19(10-11)14(20)7-8-18-15-12(16)5-2-6-13(15)17/h2,5-6,11,18H,3-4,7-10H2,1H3. The second-order valence-electron chi connectivity index (χ2n) is 5.36. The van der Waals surface area contributed by atoms with Crippen molar-refractivity contribution < 1.29 is 13.6 Å². The molecule has 1 aromatic carbocycles. The molecule has 1 unspecified atom stereocenters. The molecule has 1 N–H and O–H groups in total. The summed E-state index contributed by atoms with van der Waals surface area (Å²) in [5.41, 5.74) is -0.160. The number of nitrogens with zero attached hydrogens (tertiary/aromatic N) is 1. The van der Waals surface area contributed by atoms with Crippen LogP contribution in [0.15, 0.2) is 18.2 Å². The highest BCUT2D eigenvalue weighted by atomic mass is 19.1. The molecule has 1 heterocycles. The van der Waals surface area contributed by atoms with Crippen LogP contribution in [0.5, 0.6) is 0 Å². The molecule has 0 bridgehead atoms. The predicted molar refractivity (Wildman–Crippen MR) is 74.4 cm³/mol. The van der Waals surface area contributed by atoms with E-state index < -0.39 is 11.6 Å². The van der Waals surface area contributed by atoms with Crippen LogP contribution >= 0.6 is 0 Å². The van der Waals surface area contributed by atoms with Crippen LogP contribution in [0.4, 0.5) is 14.5 Å². The summed E-state index contributed by atoms with van der Waals surface area (Å²) in [6, 6.07) is 3.70. The molecule has 110 valence electrons. The largest absolute Gasteiger partial charge is 0.380 e. The van der Waals surface area contributed by atoms with Gasteiger partial charge in [0.05, 0.1) is 0 Å². The van der Waals surface area contributed by atoms with Crippen LogP contribution in [-0.2, 0) is 4.79 Å². The number of halogens is 2. The molecule has 3 nitrogen and oxygen atoms in total. The van der Waals surface area contributed by atoms with E-state index in [0.717, 1.165) is 25.9 Å². The number of carbonyl (C=O) groups excluding carboxylic acids is 1. The molecular weight excluding hydrogens is 262 g/mol. The minimum atomic E-state index is -0.635. The van der Waals surface area contributed by atoms with E-state index >= 15 is 0 Å². The molecule has 1 atom stereocenters. The van der Waals surface area contributed by atoms with Crippen LogP contribution in [-0.4, -0.2) is 30.4 Å². The van der Waals surface area contributed by atoms with Gasteiger partial charge >= 0.3 is 0 Å². The summed E-state index contributed by atoms with van der Waals surface area (Å²) in [5, 5.41) is 2.66. The number of hydrogen-bond acceptors (Lipinski definition) is 2. The number of carbonyl (C=O) groups is 1. The number of piperidine rings is 1. The van der Waals surface area contributed by atoms with Crippen LogP contribution in [0.2, 0.25) is 0 Å². The highest BCUT2D eigenvalue weighted by Gasteiger charge is 2.20. The Bertz CT molecular complexity index is 459. The van der Waals surface area contributed by atoms with Crippen molar-refractivity contribution in [1.82, 2.24) is 4.90 Å². The van der Waals surface area contributed by atoms with Crippen LogP contribution < -0.4 is 5.32 Å². The first-order valence-corrected chi connectivity index (χ1v) is 7.03. The van der Waals surface area contributed by atoms with Crippen LogP contribution in [0.1, 0.15) is 26.2 Å². The van der Waals surface area contributed by atoms with Crippen molar-refractivity contribution in [1.29, 1.82) is 0 Å². The fourth-order valence-corrected chi connectivity index (χ4v) is 2.54. The van der Waals surface area contributed by atoms with Crippen molar-refractivity contribution in [3.8, 4) is 0 Å². The summed E-state index contributed by atoms with van der Waals surface area (Å²) in [4.78, 5) is 13.8. The third kappa shape index (κ3) is 3.68. The molecule has 5 heteroatoms. The van der Waals surface area contributed by atoms with Crippen molar-refractivity contribution in [2.45, 2.75) is 26.2 Å². The predicted octanol–water partition coefficient (Wildman–Crippen LogP) is 3.03. The lowest BCUT2D eigenvalue weighted by atomic mass is 10.00. The lowest BCUT2D eigenvalue weighted by molar-refractivity contribution is -0.132. The monoisotopic (exact) mass is 282 g/mol. The molecule has 1 aliphatic rings. The maximum absolute atomic E-state index is 13.4. The Morgan fingerprint density at radius 3 is 2.75 bits per heavy atom. The number of para-hydroxylation sites is 1. The molecule has 20 heavy (non-hydrogen) atoms. The fraction of sp³-hybridized carbons (Fsp3) is 0.533. The van der Waals surface area contributed by atoms with Crippen molar-refractivity contribution >= 4 is 11.6 Å². The second-order valence-corrected chi connectivity index (χ2v) is 5.36. The lowest BCUT2D eigenvalue weighted by Crippen LogP contribution is -2.39. The van der Waals surface area contributed by atoms with Crippen molar-refractivity contribution in [3.63, 3.8) is 0 Å². The van der Waals surface area contributed by atoms with Gasteiger partial charge in [-0.2, -0.15) is 0 Å². The van der Waals surface area contributed by atoms with E-state index in [9.17, 15) is 13.6 Å². The molecule has 0 saturated carbocycles. The summed E-state index contributed by atoms with van der Waals surface area (Å²) in [5.74, 6) is -0.696. The van der Waals surface area contributed by atoms with Crippen molar-refractivity contribution in [2.75, 3.05) is 25.0 Å².